The third kappa shape index (κ3) is 4.19. The Balaban J connectivity index is 2.93. The second-order valence-electron chi connectivity index (χ2n) is 3.69. The molecule has 0 radical (unpaired) electrons. The molecule has 1 rings (SSSR count). The number of aliphatic carboxylic acids is 1. The van der Waals surface area contributed by atoms with Gasteiger partial charge < -0.3 is 5.11 Å². The molecule has 1 aromatic carbocycles. The molecule has 0 amide bonds. The molecule has 0 heterocycles. The van der Waals surface area contributed by atoms with Gasteiger partial charge in [0.2, 0.25) is 0 Å². The zero-order valence-electron chi connectivity index (χ0n) is 9.99. The molecule has 0 spiro atoms. The summed E-state index contributed by atoms with van der Waals surface area (Å²) in [6.07, 6.45) is 2.37. The fourth-order valence-corrected chi connectivity index (χ4v) is 1.72. The van der Waals surface area contributed by atoms with Crippen LogP contribution in [0.15, 0.2) is 30.3 Å². The van der Waals surface area contributed by atoms with Crippen molar-refractivity contribution in [3.8, 4) is 0 Å². The fraction of sp³-hybridized carbons (Fsp3) is 0.182. The van der Waals surface area contributed by atoms with Crippen molar-refractivity contribution < 1.29 is 18.3 Å². The van der Waals surface area contributed by atoms with E-state index in [-0.39, 0.29) is 0 Å². The normalized spacial score (nSPS) is 11.9. The number of nitrogens with one attached hydrogen (secondary N) is 1. The van der Waals surface area contributed by atoms with Crippen molar-refractivity contribution in [2.45, 2.75) is 0 Å². The van der Waals surface area contributed by atoms with E-state index in [1.54, 1.807) is 24.3 Å². The minimum absolute atomic E-state index is 0.372. The predicted octanol–water partition coefficient (Wildman–Crippen LogP) is 1.00. The highest BCUT2D eigenvalue weighted by molar-refractivity contribution is 7.90. The standard InChI is InChI=1S/C11H14N2O4S/c1-13(2)18(16,17)12-10-5-3-4-9(8-10)6-7-11(14)15/h3-8,12H,1-2H3,(H,14,15)/b7-6+. The van der Waals surface area contributed by atoms with Gasteiger partial charge in [0.05, 0.1) is 5.69 Å². The molecule has 98 valence electrons. The maximum Gasteiger partial charge on any atom is 0.328 e. The van der Waals surface area contributed by atoms with Crippen molar-refractivity contribution in [3.05, 3.63) is 35.9 Å². The molecule has 0 saturated heterocycles. The predicted molar refractivity (Wildman–Crippen MR) is 69.3 cm³/mol. The van der Waals surface area contributed by atoms with Crippen LogP contribution in [0.3, 0.4) is 0 Å². The SMILES string of the molecule is CN(C)S(=O)(=O)Nc1cccc(/C=C/C(=O)O)c1. The quantitative estimate of drug-likeness (QED) is 0.781. The Morgan fingerprint density at radius 2 is 2.06 bits per heavy atom. The molecule has 2 N–H and O–H groups in total. The average Bonchev–Trinajstić information content (AvgIpc) is 2.26. The van der Waals surface area contributed by atoms with Crippen molar-refractivity contribution in [3.63, 3.8) is 0 Å². The first-order valence-electron chi connectivity index (χ1n) is 5.02. The molecule has 0 aliphatic heterocycles. The molecule has 7 heteroatoms. The molecule has 0 aromatic heterocycles. The zero-order chi connectivity index (χ0) is 13.8. The van der Waals surface area contributed by atoms with Gasteiger partial charge in [-0.15, -0.1) is 0 Å². The number of hydrogen-bond donors (Lipinski definition) is 2. The minimum atomic E-state index is -3.56. The van der Waals surface area contributed by atoms with Gasteiger partial charge in [-0.2, -0.15) is 12.7 Å². The summed E-state index contributed by atoms with van der Waals surface area (Å²) in [6, 6.07) is 6.43. The number of hydrogen-bond acceptors (Lipinski definition) is 3. The second kappa shape index (κ2) is 5.65. The molecule has 0 bridgehead atoms. The van der Waals surface area contributed by atoms with Crippen LogP contribution in [0.1, 0.15) is 5.56 Å². The molecule has 0 fully saturated rings. The summed E-state index contributed by atoms with van der Waals surface area (Å²) in [6.45, 7) is 0. The number of benzene rings is 1. The third-order valence-corrected chi connectivity index (χ3v) is 3.49. The summed E-state index contributed by atoms with van der Waals surface area (Å²) >= 11 is 0. The molecule has 18 heavy (non-hydrogen) atoms. The van der Waals surface area contributed by atoms with Crippen molar-refractivity contribution in [2.75, 3.05) is 18.8 Å². The first-order valence-corrected chi connectivity index (χ1v) is 6.46. The summed E-state index contributed by atoms with van der Waals surface area (Å²) in [4.78, 5) is 10.4. The third-order valence-electron chi connectivity index (χ3n) is 2.03. The number of rotatable bonds is 5. The van der Waals surface area contributed by atoms with E-state index >= 15 is 0 Å². The van der Waals surface area contributed by atoms with Crippen molar-refractivity contribution in [1.29, 1.82) is 0 Å². The monoisotopic (exact) mass is 270 g/mol. The van der Waals surface area contributed by atoms with Crippen LogP contribution in [0.4, 0.5) is 5.69 Å². The summed E-state index contributed by atoms with van der Waals surface area (Å²) in [5.41, 5.74) is 0.965. The Hall–Kier alpha value is -1.86. The van der Waals surface area contributed by atoms with Crippen LogP contribution in [-0.4, -0.2) is 37.9 Å². The van der Waals surface area contributed by atoms with Crippen LogP contribution in [0.2, 0.25) is 0 Å². The molecular formula is C11H14N2O4S. The molecule has 0 aliphatic rings. The van der Waals surface area contributed by atoms with Crippen molar-refractivity contribution in [2.24, 2.45) is 0 Å². The van der Waals surface area contributed by atoms with Crippen molar-refractivity contribution in [1.82, 2.24) is 4.31 Å². The molecule has 0 atom stereocenters. The molecule has 0 saturated carbocycles. The van der Waals surface area contributed by atoms with Gasteiger partial charge in [-0.25, -0.2) is 4.79 Å². The maximum atomic E-state index is 11.6. The first kappa shape index (κ1) is 14.2. The fourth-order valence-electron chi connectivity index (χ4n) is 1.11. The van der Waals surface area contributed by atoms with E-state index in [0.29, 0.717) is 11.3 Å². The van der Waals surface area contributed by atoms with Gasteiger partial charge >= 0.3 is 16.2 Å². The van der Waals surface area contributed by atoms with Gasteiger partial charge in [-0.1, -0.05) is 12.1 Å². The van der Waals surface area contributed by atoms with Crippen LogP contribution >= 0.6 is 0 Å². The van der Waals surface area contributed by atoms with Crippen LogP contribution < -0.4 is 4.72 Å². The zero-order valence-corrected chi connectivity index (χ0v) is 10.8. The summed E-state index contributed by atoms with van der Waals surface area (Å²) in [5.74, 6) is -1.06. The second-order valence-corrected chi connectivity index (χ2v) is 5.57. The number of carboxylic acids is 1. The lowest BCUT2D eigenvalue weighted by atomic mass is 10.2. The topological polar surface area (TPSA) is 86.7 Å². The Labute approximate surface area is 106 Å². The Morgan fingerprint density at radius 1 is 1.39 bits per heavy atom. The minimum Gasteiger partial charge on any atom is -0.478 e. The highest BCUT2D eigenvalue weighted by atomic mass is 32.2. The van der Waals surface area contributed by atoms with Gasteiger partial charge in [-0.3, -0.25) is 4.72 Å². The number of anilines is 1. The van der Waals surface area contributed by atoms with E-state index in [1.807, 2.05) is 0 Å². The highest BCUT2D eigenvalue weighted by Gasteiger charge is 2.12. The first-order chi connectivity index (χ1) is 8.31. The van der Waals surface area contributed by atoms with Gasteiger partial charge in [-0.05, 0) is 23.8 Å². The summed E-state index contributed by atoms with van der Waals surface area (Å²) in [5, 5.41) is 8.50. The lowest BCUT2D eigenvalue weighted by Crippen LogP contribution is -2.28. The van der Waals surface area contributed by atoms with E-state index in [4.69, 9.17) is 5.11 Å². The van der Waals surface area contributed by atoms with Crippen LogP contribution in [0.5, 0.6) is 0 Å². The largest absolute Gasteiger partial charge is 0.478 e. The Bertz CT molecular complexity index is 564. The van der Waals surface area contributed by atoms with Gasteiger partial charge in [0.15, 0.2) is 0 Å². The van der Waals surface area contributed by atoms with E-state index < -0.39 is 16.2 Å². The molecule has 0 aliphatic carbocycles. The van der Waals surface area contributed by atoms with E-state index in [1.165, 1.54) is 20.2 Å². The number of carboxylic acid groups (broad SMARTS) is 1. The van der Waals surface area contributed by atoms with Crippen LogP contribution in [0.25, 0.3) is 6.08 Å². The number of nitrogens with zero attached hydrogens (tertiary/aromatic N) is 1. The smallest absolute Gasteiger partial charge is 0.328 e. The summed E-state index contributed by atoms with van der Waals surface area (Å²) < 4.78 is 26.6. The van der Waals surface area contributed by atoms with Gasteiger partial charge in [0, 0.05) is 20.2 Å². The molecule has 1 aromatic rings. The van der Waals surface area contributed by atoms with E-state index in [2.05, 4.69) is 4.72 Å². The Kier molecular flexibility index (Phi) is 4.46. The van der Waals surface area contributed by atoms with Crippen molar-refractivity contribution >= 4 is 27.9 Å². The van der Waals surface area contributed by atoms with E-state index in [0.717, 1.165) is 10.4 Å². The number of carbonyl (C=O) groups is 1. The highest BCUT2D eigenvalue weighted by Crippen LogP contribution is 2.14. The maximum absolute atomic E-state index is 11.6. The molecular weight excluding hydrogens is 256 g/mol. The summed E-state index contributed by atoms with van der Waals surface area (Å²) in [7, 11) is -0.730. The molecule has 6 nitrogen and oxygen atoms in total. The lowest BCUT2D eigenvalue weighted by molar-refractivity contribution is -0.131. The average molecular weight is 270 g/mol. The van der Waals surface area contributed by atoms with Gasteiger partial charge in [0.1, 0.15) is 0 Å². The Morgan fingerprint density at radius 3 is 2.61 bits per heavy atom. The van der Waals surface area contributed by atoms with Crippen LogP contribution in [-0.2, 0) is 15.0 Å². The lowest BCUT2D eigenvalue weighted by Gasteiger charge is -2.13. The van der Waals surface area contributed by atoms with Crippen LogP contribution in [0, 0.1) is 0 Å². The van der Waals surface area contributed by atoms with Gasteiger partial charge in [0.25, 0.3) is 0 Å². The molecule has 0 unspecified atom stereocenters. The van der Waals surface area contributed by atoms with E-state index in [9.17, 15) is 13.2 Å².